The molecular weight excluding hydrogens is 248 g/mol. The second-order valence-corrected chi connectivity index (χ2v) is 6.80. The maximum atomic E-state index is 11.9. The number of nitrogens with two attached hydrogens (primary N) is 1. The van der Waals surface area contributed by atoms with E-state index in [0.717, 1.165) is 24.8 Å². The van der Waals surface area contributed by atoms with Crippen LogP contribution in [0.4, 0.5) is 0 Å². The molecule has 2 rings (SSSR count). The van der Waals surface area contributed by atoms with Crippen molar-refractivity contribution in [2.24, 2.45) is 5.73 Å². The predicted octanol–water partition coefficient (Wildman–Crippen LogP) is 1.11. The SMILES string of the molecule is NCCc1ccc(CN2CCCCS2(=O)=O)cc1. The molecule has 1 aromatic carbocycles. The average Bonchev–Trinajstić information content (AvgIpc) is 2.34. The number of sulfonamides is 1. The highest BCUT2D eigenvalue weighted by Crippen LogP contribution is 2.17. The quantitative estimate of drug-likeness (QED) is 0.890. The van der Waals surface area contributed by atoms with Gasteiger partial charge in [0.15, 0.2) is 0 Å². The van der Waals surface area contributed by atoms with Crippen LogP contribution in [0.5, 0.6) is 0 Å². The molecule has 0 bridgehead atoms. The number of hydrogen-bond donors (Lipinski definition) is 1. The molecule has 5 heteroatoms. The van der Waals surface area contributed by atoms with Gasteiger partial charge in [-0.1, -0.05) is 24.3 Å². The molecular formula is C13H20N2O2S. The van der Waals surface area contributed by atoms with Gasteiger partial charge in [-0.3, -0.25) is 0 Å². The molecule has 1 heterocycles. The lowest BCUT2D eigenvalue weighted by Gasteiger charge is -2.26. The zero-order chi connectivity index (χ0) is 13.0. The molecule has 0 aliphatic carbocycles. The fraction of sp³-hybridized carbons (Fsp3) is 0.538. The number of rotatable bonds is 4. The third kappa shape index (κ3) is 3.31. The second-order valence-electron chi connectivity index (χ2n) is 4.71. The third-order valence-corrected chi connectivity index (χ3v) is 5.17. The number of nitrogens with zero attached hydrogens (tertiary/aromatic N) is 1. The van der Waals surface area contributed by atoms with Crippen molar-refractivity contribution in [2.45, 2.75) is 25.8 Å². The van der Waals surface area contributed by atoms with Crippen LogP contribution in [0, 0.1) is 0 Å². The Morgan fingerprint density at radius 1 is 1.11 bits per heavy atom. The zero-order valence-corrected chi connectivity index (χ0v) is 11.3. The first-order valence-corrected chi connectivity index (χ1v) is 7.98. The van der Waals surface area contributed by atoms with E-state index in [9.17, 15) is 8.42 Å². The Morgan fingerprint density at radius 3 is 2.39 bits per heavy atom. The van der Waals surface area contributed by atoms with E-state index in [0.29, 0.717) is 19.6 Å². The lowest BCUT2D eigenvalue weighted by Crippen LogP contribution is -2.37. The van der Waals surface area contributed by atoms with Crippen molar-refractivity contribution in [1.29, 1.82) is 0 Å². The van der Waals surface area contributed by atoms with E-state index in [1.54, 1.807) is 4.31 Å². The van der Waals surface area contributed by atoms with E-state index in [4.69, 9.17) is 5.73 Å². The van der Waals surface area contributed by atoms with E-state index < -0.39 is 10.0 Å². The normalized spacial score (nSPS) is 19.8. The Hall–Kier alpha value is -0.910. The number of benzene rings is 1. The largest absolute Gasteiger partial charge is 0.330 e. The van der Waals surface area contributed by atoms with E-state index in [1.165, 1.54) is 5.56 Å². The maximum Gasteiger partial charge on any atom is 0.214 e. The van der Waals surface area contributed by atoms with Crippen molar-refractivity contribution < 1.29 is 8.42 Å². The summed E-state index contributed by atoms with van der Waals surface area (Å²) in [6.45, 7) is 1.78. The molecule has 0 saturated carbocycles. The molecule has 18 heavy (non-hydrogen) atoms. The summed E-state index contributed by atoms with van der Waals surface area (Å²) >= 11 is 0. The molecule has 1 fully saturated rings. The molecule has 1 aliphatic rings. The van der Waals surface area contributed by atoms with Gasteiger partial charge in [-0.25, -0.2) is 8.42 Å². The molecule has 1 aromatic rings. The smallest absolute Gasteiger partial charge is 0.214 e. The Balaban J connectivity index is 2.04. The fourth-order valence-electron chi connectivity index (χ4n) is 2.20. The van der Waals surface area contributed by atoms with Gasteiger partial charge in [-0.15, -0.1) is 0 Å². The first-order valence-electron chi connectivity index (χ1n) is 6.37. The summed E-state index contributed by atoms with van der Waals surface area (Å²) in [5, 5.41) is 0. The van der Waals surface area contributed by atoms with Crippen molar-refractivity contribution in [1.82, 2.24) is 4.31 Å². The fourth-order valence-corrected chi connectivity index (χ4v) is 3.78. The van der Waals surface area contributed by atoms with Gasteiger partial charge in [0, 0.05) is 13.1 Å². The molecule has 0 aromatic heterocycles. The average molecular weight is 268 g/mol. The van der Waals surface area contributed by atoms with Gasteiger partial charge < -0.3 is 5.73 Å². The van der Waals surface area contributed by atoms with Gasteiger partial charge >= 0.3 is 0 Å². The maximum absolute atomic E-state index is 11.9. The van der Waals surface area contributed by atoms with Gasteiger partial charge in [0.2, 0.25) is 10.0 Å². The van der Waals surface area contributed by atoms with Crippen LogP contribution in [0.3, 0.4) is 0 Å². The van der Waals surface area contributed by atoms with Gasteiger partial charge in [-0.05, 0) is 36.9 Å². The van der Waals surface area contributed by atoms with Crippen LogP contribution >= 0.6 is 0 Å². The Morgan fingerprint density at radius 2 is 1.78 bits per heavy atom. The van der Waals surface area contributed by atoms with Crippen LogP contribution in [-0.4, -0.2) is 31.6 Å². The first-order chi connectivity index (χ1) is 8.62. The molecule has 4 nitrogen and oxygen atoms in total. The molecule has 1 aliphatic heterocycles. The van der Waals surface area contributed by atoms with Crippen LogP contribution < -0.4 is 5.73 Å². The highest BCUT2D eigenvalue weighted by atomic mass is 32.2. The molecule has 1 saturated heterocycles. The minimum Gasteiger partial charge on any atom is -0.330 e. The number of hydrogen-bond acceptors (Lipinski definition) is 3. The summed E-state index contributed by atoms with van der Waals surface area (Å²) in [7, 11) is -3.03. The third-order valence-electron chi connectivity index (χ3n) is 3.27. The zero-order valence-electron chi connectivity index (χ0n) is 10.5. The van der Waals surface area contributed by atoms with E-state index in [-0.39, 0.29) is 5.75 Å². The van der Waals surface area contributed by atoms with Crippen molar-refractivity contribution in [3.05, 3.63) is 35.4 Å². The van der Waals surface area contributed by atoms with Gasteiger partial charge in [0.25, 0.3) is 0 Å². The highest BCUT2D eigenvalue weighted by molar-refractivity contribution is 7.89. The summed E-state index contributed by atoms with van der Waals surface area (Å²) in [6.07, 6.45) is 2.61. The van der Waals surface area contributed by atoms with Crippen LogP contribution in [0.2, 0.25) is 0 Å². The van der Waals surface area contributed by atoms with Crippen molar-refractivity contribution in [3.63, 3.8) is 0 Å². The molecule has 0 spiro atoms. The summed E-state index contributed by atoms with van der Waals surface area (Å²) < 4.78 is 25.3. The van der Waals surface area contributed by atoms with Crippen LogP contribution in [0.1, 0.15) is 24.0 Å². The van der Waals surface area contributed by atoms with E-state index in [2.05, 4.69) is 0 Å². The van der Waals surface area contributed by atoms with E-state index >= 15 is 0 Å². The Kier molecular flexibility index (Phi) is 4.37. The highest BCUT2D eigenvalue weighted by Gasteiger charge is 2.25. The second kappa shape index (κ2) is 5.82. The minimum atomic E-state index is -3.03. The van der Waals surface area contributed by atoms with Gasteiger partial charge in [-0.2, -0.15) is 4.31 Å². The van der Waals surface area contributed by atoms with E-state index in [1.807, 2.05) is 24.3 Å². The molecule has 0 unspecified atom stereocenters. The summed E-state index contributed by atoms with van der Waals surface area (Å²) in [5.41, 5.74) is 7.74. The van der Waals surface area contributed by atoms with Crippen molar-refractivity contribution in [2.75, 3.05) is 18.8 Å². The summed E-state index contributed by atoms with van der Waals surface area (Å²) in [6, 6.07) is 8.04. The predicted molar refractivity (Wildman–Crippen MR) is 72.6 cm³/mol. The lowest BCUT2D eigenvalue weighted by molar-refractivity contribution is 0.378. The summed E-state index contributed by atoms with van der Waals surface area (Å²) in [5.74, 6) is 0.290. The molecule has 100 valence electrons. The van der Waals surface area contributed by atoms with Crippen molar-refractivity contribution >= 4 is 10.0 Å². The monoisotopic (exact) mass is 268 g/mol. The van der Waals surface area contributed by atoms with Crippen LogP contribution in [0.15, 0.2) is 24.3 Å². The van der Waals surface area contributed by atoms with Gasteiger partial charge in [0.1, 0.15) is 0 Å². The molecule has 0 atom stereocenters. The van der Waals surface area contributed by atoms with Gasteiger partial charge in [0.05, 0.1) is 5.75 Å². The van der Waals surface area contributed by atoms with Crippen LogP contribution in [-0.2, 0) is 23.0 Å². The summed E-state index contributed by atoms with van der Waals surface area (Å²) in [4.78, 5) is 0. The minimum absolute atomic E-state index is 0.290. The first kappa shape index (κ1) is 13.5. The molecule has 0 radical (unpaired) electrons. The lowest BCUT2D eigenvalue weighted by atomic mass is 10.1. The Labute approximate surface area is 109 Å². The van der Waals surface area contributed by atoms with Crippen LogP contribution in [0.25, 0.3) is 0 Å². The standard InChI is InChI=1S/C13H20N2O2S/c14-8-7-12-3-5-13(6-4-12)11-15-9-1-2-10-18(15,16)17/h3-6H,1-2,7-11,14H2. The molecule has 2 N–H and O–H groups in total. The topological polar surface area (TPSA) is 63.4 Å². The molecule has 0 amide bonds. The van der Waals surface area contributed by atoms with Crippen molar-refractivity contribution in [3.8, 4) is 0 Å². The Bertz CT molecular complexity index is 482.